The number of ether oxygens (including phenoxy) is 2. The number of pyridine rings is 1. The average molecular weight is 270 g/mol. The molecular weight excluding hydrogens is 256 g/mol. The van der Waals surface area contributed by atoms with Crippen molar-refractivity contribution in [3.05, 3.63) is 53.9 Å². The van der Waals surface area contributed by atoms with E-state index in [0.29, 0.717) is 23.6 Å². The molecule has 0 unspecified atom stereocenters. The zero-order chi connectivity index (χ0) is 13.8. The van der Waals surface area contributed by atoms with Gasteiger partial charge >= 0.3 is 0 Å². The van der Waals surface area contributed by atoms with Crippen molar-refractivity contribution in [3.8, 4) is 11.5 Å². The fraction of sp³-hybridized carbons (Fsp3) is 0.200. The Morgan fingerprint density at radius 2 is 2.10 bits per heavy atom. The second-order valence-corrected chi connectivity index (χ2v) is 4.42. The first-order valence-corrected chi connectivity index (χ1v) is 6.36. The minimum atomic E-state index is 0.0132. The Morgan fingerprint density at radius 1 is 1.20 bits per heavy atom. The molecule has 1 aromatic carbocycles. The maximum Gasteiger partial charge on any atom is 0.231 e. The molecule has 0 saturated heterocycles. The summed E-state index contributed by atoms with van der Waals surface area (Å²) in [5.41, 5.74) is 1.52. The number of hydrogen-bond acceptors (Lipinski definition) is 5. The van der Waals surface area contributed by atoms with Gasteiger partial charge in [-0.15, -0.1) is 0 Å². The molecule has 20 heavy (non-hydrogen) atoms. The number of carbonyl (C=O) groups is 1. The van der Waals surface area contributed by atoms with Crippen LogP contribution in [-0.2, 0) is 6.54 Å². The molecular formula is C15H14N2O3. The van der Waals surface area contributed by atoms with E-state index in [-0.39, 0.29) is 19.1 Å². The van der Waals surface area contributed by atoms with Gasteiger partial charge in [-0.1, -0.05) is 6.07 Å². The number of nitrogens with one attached hydrogen (secondary N) is 1. The lowest BCUT2D eigenvalue weighted by atomic mass is 10.1. The zero-order valence-electron chi connectivity index (χ0n) is 10.8. The molecule has 1 N–H and O–H groups in total. The highest BCUT2D eigenvalue weighted by Crippen LogP contribution is 2.32. The minimum Gasteiger partial charge on any atom is -0.454 e. The highest BCUT2D eigenvalue weighted by atomic mass is 16.7. The fourth-order valence-corrected chi connectivity index (χ4v) is 1.98. The lowest BCUT2D eigenvalue weighted by Gasteiger charge is -2.05. The molecule has 0 aliphatic carbocycles. The van der Waals surface area contributed by atoms with Crippen LogP contribution in [0.3, 0.4) is 0 Å². The summed E-state index contributed by atoms with van der Waals surface area (Å²) in [6, 6.07) is 10.9. The van der Waals surface area contributed by atoms with Crippen molar-refractivity contribution in [1.29, 1.82) is 0 Å². The van der Waals surface area contributed by atoms with E-state index in [0.717, 1.165) is 5.69 Å². The molecule has 2 heterocycles. The number of nitrogens with zero attached hydrogens (tertiary/aromatic N) is 1. The van der Waals surface area contributed by atoms with Crippen LogP contribution in [0.4, 0.5) is 0 Å². The second kappa shape index (κ2) is 5.71. The van der Waals surface area contributed by atoms with Crippen molar-refractivity contribution in [2.75, 3.05) is 13.3 Å². The lowest BCUT2D eigenvalue weighted by Crippen LogP contribution is -2.23. The molecule has 3 rings (SSSR count). The monoisotopic (exact) mass is 270 g/mol. The van der Waals surface area contributed by atoms with Crippen LogP contribution >= 0.6 is 0 Å². The molecule has 1 aliphatic rings. The minimum absolute atomic E-state index is 0.0132. The van der Waals surface area contributed by atoms with Gasteiger partial charge in [0.2, 0.25) is 6.79 Å². The van der Waals surface area contributed by atoms with E-state index in [1.165, 1.54) is 0 Å². The number of fused-ring (bicyclic) bond motifs is 1. The molecule has 5 heteroatoms. The van der Waals surface area contributed by atoms with E-state index >= 15 is 0 Å². The van der Waals surface area contributed by atoms with Crippen molar-refractivity contribution in [2.24, 2.45) is 0 Å². The first-order chi connectivity index (χ1) is 9.83. The van der Waals surface area contributed by atoms with Gasteiger partial charge < -0.3 is 14.8 Å². The van der Waals surface area contributed by atoms with Crippen LogP contribution in [0.1, 0.15) is 16.1 Å². The summed E-state index contributed by atoms with van der Waals surface area (Å²) in [6.07, 6.45) is 1.73. The molecule has 0 radical (unpaired) electrons. The zero-order valence-corrected chi connectivity index (χ0v) is 10.8. The number of rotatable bonds is 5. The van der Waals surface area contributed by atoms with Gasteiger partial charge in [-0.05, 0) is 30.3 Å². The number of aromatic nitrogens is 1. The molecule has 0 spiro atoms. The van der Waals surface area contributed by atoms with Crippen molar-refractivity contribution < 1.29 is 14.3 Å². The van der Waals surface area contributed by atoms with E-state index in [4.69, 9.17) is 9.47 Å². The van der Waals surface area contributed by atoms with Gasteiger partial charge in [-0.25, -0.2) is 0 Å². The van der Waals surface area contributed by atoms with Crippen molar-refractivity contribution in [1.82, 2.24) is 10.3 Å². The summed E-state index contributed by atoms with van der Waals surface area (Å²) in [6.45, 7) is 1.04. The first kappa shape index (κ1) is 12.6. The fourth-order valence-electron chi connectivity index (χ4n) is 1.98. The third-order valence-corrected chi connectivity index (χ3v) is 3.01. The molecule has 2 aromatic rings. The number of Topliss-reactive ketones (excluding diaryl/α,β-unsaturated/α-hetero) is 1. The van der Waals surface area contributed by atoms with Gasteiger partial charge in [0, 0.05) is 18.3 Å². The van der Waals surface area contributed by atoms with Crippen LogP contribution < -0.4 is 14.8 Å². The van der Waals surface area contributed by atoms with Gasteiger partial charge in [0.25, 0.3) is 0 Å². The Balaban J connectivity index is 1.57. The van der Waals surface area contributed by atoms with E-state index in [9.17, 15) is 4.79 Å². The predicted octanol–water partition coefficient (Wildman–Crippen LogP) is 1.78. The molecule has 5 nitrogen and oxygen atoms in total. The Labute approximate surface area is 116 Å². The van der Waals surface area contributed by atoms with E-state index in [2.05, 4.69) is 10.3 Å². The lowest BCUT2D eigenvalue weighted by molar-refractivity contribution is 0.0990. The number of ketones is 1. The number of benzene rings is 1. The molecule has 0 amide bonds. The van der Waals surface area contributed by atoms with Gasteiger partial charge in [0.1, 0.15) is 0 Å². The Kier molecular flexibility index (Phi) is 3.60. The van der Waals surface area contributed by atoms with Crippen molar-refractivity contribution >= 4 is 5.78 Å². The van der Waals surface area contributed by atoms with E-state index < -0.39 is 0 Å². The molecule has 0 atom stereocenters. The Morgan fingerprint density at radius 3 is 2.95 bits per heavy atom. The average Bonchev–Trinajstić information content (AvgIpc) is 2.95. The Bertz CT molecular complexity index is 614. The third kappa shape index (κ3) is 2.78. The van der Waals surface area contributed by atoms with Crippen molar-refractivity contribution in [2.45, 2.75) is 6.54 Å². The van der Waals surface area contributed by atoms with Crippen LogP contribution in [0.15, 0.2) is 42.6 Å². The molecule has 102 valence electrons. The molecule has 1 aromatic heterocycles. The molecule has 1 aliphatic heterocycles. The summed E-state index contributed by atoms with van der Waals surface area (Å²) in [7, 11) is 0. The first-order valence-electron chi connectivity index (χ1n) is 6.36. The standard InChI is InChI=1S/C15H14N2O3/c18-13(9-16-8-12-3-1-2-6-17-12)11-4-5-14-15(7-11)20-10-19-14/h1-7,16H,8-10H2. The third-order valence-electron chi connectivity index (χ3n) is 3.01. The van der Waals surface area contributed by atoms with Crippen LogP contribution in [0.25, 0.3) is 0 Å². The van der Waals surface area contributed by atoms with Crippen LogP contribution in [0.5, 0.6) is 11.5 Å². The van der Waals surface area contributed by atoms with E-state index in [1.807, 2.05) is 18.2 Å². The topological polar surface area (TPSA) is 60.5 Å². The number of carbonyl (C=O) groups excluding carboxylic acids is 1. The second-order valence-electron chi connectivity index (χ2n) is 4.42. The maximum atomic E-state index is 12.1. The van der Waals surface area contributed by atoms with E-state index in [1.54, 1.807) is 24.4 Å². The van der Waals surface area contributed by atoms with Crippen LogP contribution in [0, 0.1) is 0 Å². The SMILES string of the molecule is O=C(CNCc1ccccn1)c1ccc2c(c1)OCO2. The predicted molar refractivity (Wildman–Crippen MR) is 72.8 cm³/mol. The van der Waals surface area contributed by atoms with Gasteiger partial charge in [0.05, 0.1) is 12.2 Å². The summed E-state index contributed by atoms with van der Waals surface area (Å²) in [5, 5.41) is 3.08. The van der Waals surface area contributed by atoms with Gasteiger partial charge in [-0.2, -0.15) is 0 Å². The molecule has 0 saturated carbocycles. The Hall–Kier alpha value is -2.40. The molecule has 0 fully saturated rings. The highest BCUT2D eigenvalue weighted by molar-refractivity contribution is 5.98. The quantitative estimate of drug-likeness (QED) is 0.839. The van der Waals surface area contributed by atoms with Crippen LogP contribution in [0.2, 0.25) is 0 Å². The summed E-state index contributed by atoms with van der Waals surface area (Å²) < 4.78 is 10.5. The highest BCUT2D eigenvalue weighted by Gasteiger charge is 2.15. The van der Waals surface area contributed by atoms with Crippen LogP contribution in [-0.4, -0.2) is 24.1 Å². The normalized spacial score (nSPS) is 12.4. The summed E-state index contributed by atoms with van der Waals surface area (Å²) in [4.78, 5) is 16.2. The van der Waals surface area contributed by atoms with Gasteiger partial charge in [0.15, 0.2) is 17.3 Å². The van der Waals surface area contributed by atoms with Crippen molar-refractivity contribution in [3.63, 3.8) is 0 Å². The summed E-state index contributed by atoms with van der Waals surface area (Å²) in [5.74, 6) is 1.32. The number of hydrogen-bond donors (Lipinski definition) is 1. The maximum absolute atomic E-state index is 12.1. The van der Waals surface area contributed by atoms with Gasteiger partial charge in [-0.3, -0.25) is 9.78 Å². The largest absolute Gasteiger partial charge is 0.454 e. The smallest absolute Gasteiger partial charge is 0.231 e. The molecule has 0 bridgehead atoms. The summed E-state index contributed by atoms with van der Waals surface area (Å²) >= 11 is 0.